The summed E-state index contributed by atoms with van der Waals surface area (Å²) < 4.78 is 5.02. The first-order valence-corrected chi connectivity index (χ1v) is 11.9. The van der Waals surface area contributed by atoms with Gasteiger partial charge >= 0.3 is 0 Å². The Bertz CT molecular complexity index is 662. The van der Waals surface area contributed by atoms with E-state index < -0.39 is 0 Å². The molecule has 5 heteroatoms. The molecular weight excluding hydrogens is 374 g/mol. The van der Waals surface area contributed by atoms with Gasteiger partial charge in [0, 0.05) is 58.0 Å². The van der Waals surface area contributed by atoms with Crippen molar-refractivity contribution in [1.29, 1.82) is 0 Å². The molecule has 1 aliphatic heterocycles. The second kappa shape index (κ2) is 11.7. The number of ether oxygens (including phenoxy) is 1. The van der Waals surface area contributed by atoms with Crippen LogP contribution in [0.1, 0.15) is 56.1 Å². The van der Waals surface area contributed by atoms with Crippen LogP contribution < -0.4 is 10.2 Å². The predicted molar refractivity (Wildman–Crippen MR) is 124 cm³/mol. The lowest BCUT2D eigenvalue weighted by Crippen LogP contribution is -2.47. The van der Waals surface area contributed by atoms with Crippen LogP contribution in [0.4, 0.5) is 5.69 Å². The highest BCUT2D eigenvalue weighted by Gasteiger charge is 2.24. The van der Waals surface area contributed by atoms with E-state index in [0.29, 0.717) is 19.1 Å². The molecule has 1 heterocycles. The third-order valence-electron chi connectivity index (χ3n) is 7.05. The highest BCUT2D eigenvalue weighted by Crippen LogP contribution is 2.27. The number of carbonyl (C=O) groups is 1. The molecule has 5 nitrogen and oxygen atoms in total. The summed E-state index contributed by atoms with van der Waals surface area (Å²) in [7, 11) is 1.68. The third-order valence-corrected chi connectivity index (χ3v) is 7.05. The van der Waals surface area contributed by atoms with E-state index >= 15 is 0 Å². The number of anilines is 1. The fourth-order valence-electron chi connectivity index (χ4n) is 4.79. The standard InChI is InChI=1S/C25H41N3O2/c1-20-6-11-24(19-21(20)2)28-16-14-27(15-17-28)13-12-22-7-9-23(10-8-22)26-25(29)5-4-18-30-3/h6,11,19,22-23H,4-5,7-10,12-18H2,1-3H3,(H,26,29). The van der Waals surface area contributed by atoms with Crippen LogP contribution in [-0.2, 0) is 9.53 Å². The normalized spacial score (nSPS) is 22.8. The maximum Gasteiger partial charge on any atom is 0.220 e. The molecule has 0 bridgehead atoms. The first kappa shape index (κ1) is 23.1. The molecule has 0 atom stereocenters. The second-order valence-electron chi connectivity index (χ2n) is 9.27. The average Bonchev–Trinajstić information content (AvgIpc) is 2.76. The molecule has 1 saturated heterocycles. The topological polar surface area (TPSA) is 44.8 Å². The Balaban J connectivity index is 1.30. The molecule has 1 aromatic carbocycles. The van der Waals surface area contributed by atoms with Crippen molar-refractivity contribution < 1.29 is 9.53 Å². The number of amides is 1. The lowest BCUT2D eigenvalue weighted by molar-refractivity contribution is -0.122. The first-order valence-electron chi connectivity index (χ1n) is 11.9. The van der Waals surface area contributed by atoms with E-state index in [1.54, 1.807) is 7.11 Å². The van der Waals surface area contributed by atoms with Gasteiger partial charge in [-0.25, -0.2) is 0 Å². The van der Waals surface area contributed by atoms with Crippen LogP contribution >= 0.6 is 0 Å². The van der Waals surface area contributed by atoms with Gasteiger partial charge in [0.2, 0.25) is 5.91 Å². The van der Waals surface area contributed by atoms with Crippen molar-refractivity contribution in [1.82, 2.24) is 10.2 Å². The zero-order chi connectivity index (χ0) is 21.3. The molecule has 1 amide bonds. The van der Waals surface area contributed by atoms with Crippen molar-refractivity contribution in [3.05, 3.63) is 29.3 Å². The Kier molecular flexibility index (Phi) is 9.01. The molecule has 2 aliphatic rings. The maximum atomic E-state index is 12.0. The monoisotopic (exact) mass is 415 g/mol. The molecular formula is C25H41N3O2. The summed E-state index contributed by atoms with van der Waals surface area (Å²) in [5.74, 6) is 1.02. The van der Waals surface area contributed by atoms with Crippen molar-refractivity contribution in [3.8, 4) is 0 Å². The van der Waals surface area contributed by atoms with E-state index in [2.05, 4.69) is 47.2 Å². The SMILES string of the molecule is COCCCC(=O)NC1CCC(CCN2CCN(c3ccc(C)c(C)c3)CC2)CC1. The Morgan fingerprint density at radius 1 is 1.07 bits per heavy atom. The average molecular weight is 416 g/mol. The molecule has 1 N–H and O–H groups in total. The molecule has 0 unspecified atom stereocenters. The van der Waals surface area contributed by atoms with Crippen LogP contribution in [0, 0.1) is 19.8 Å². The molecule has 1 aliphatic carbocycles. The van der Waals surface area contributed by atoms with Gasteiger partial charge in [-0.05, 0) is 88.1 Å². The van der Waals surface area contributed by atoms with Gasteiger partial charge in [0.05, 0.1) is 0 Å². The Labute approximate surface area is 183 Å². The molecule has 1 aromatic rings. The number of rotatable bonds is 9. The second-order valence-corrected chi connectivity index (χ2v) is 9.27. The van der Waals surface area contributed by atoms with Gasteiger partial charge in [0.1, 0.15) is 0 Å². The number of aryl methyl sites for hydroxylation is 2. The fraction of sp³-hybridized carbons (Fsp3) is 0.720. The van der Waals surface area contributed by atoms with Gasteiger partial charge in [-0.15, -0.1) is 0 Å². The summed E-state index contributed by atoms with van der Waals surface area (Å²) in [5.41, 5.74) is 4.13. The zero-order valence-corrected chi connectivity index (χ0v) is 19.3. The summed E-state index contributed by atoms with van der Waals surface area (Å²) in [5, 5.41) is 3.22. The van der Waals surface area contributed by atoms with Gasteiger partial charge in [0.15, 0.2) is 0 Å². The van der Waals surface area contributed by atoms with Crippen molar-refractivity contribution >= 4 is 11.6 Å². The van der Waals surface area contributed by atoms with E-state index in [1.807, 2.05) is 0 Å². The molecule has 0 radical (unpaired) electrons. The smallest absolute Gasteiger partial charge is 0.220 e. The summed E-state index contributed by atoms with van der Waals surface area (Å²) in [6.07, 6.45) is 7.49. The van der Waals surface area contributed by atoms with Crippen LogP contribution in [0.25, 0.3) is 0 Å². The number of piperazine rings is 1. The van der Waals surface area contributed by atoms with Gasteiger partial charge in [-0.1, -0.05) is 6.07 Å². The summed E-state index contributed by atoms with van der Waals surface area (Å²) >= 11 is 0. The van der Waals surface area contributed by atoms with E-state index in [4.69, 9.17) is 4.74 Å². The number of nitrogens with one attached hydrogen (secondary N) is 1. The van der Waals surface area contributed by atoms with Gasteiger partial charge in [-0.2, -0.15) is 0 Å². The van der Waals surface area contributed by atoms with Gasteiger partial charge in [-0.3, -0.25) is 9.69 Å². The number of hydrogen-bond acceptors (Lipinski definition) is 4. The minimum absolute atomic E-state index is 0.192. The molecule has 0 spiro atoms. The molecule has 2 fully saturated rings. The zero-order valence-electron chi connectivity index (χ0n) is 19.3. The van der Waals surface area contributed by atoms with E-state index in [1.165, 1.54) is 55.7 Å². The maximum absolute atomic E-state index is 12.0. The van der Waals surface area contributed by atoms with Crippen LogP contribution in [-0.4, -0.2) is 63.3 Å². The predicted octanol–water partition coefficient (Wildman–Crippen LogP) is 3.92. The lowest BCUT2D eigenvalue weighted by atomic mass is 9.84. The number of carbonyl (C=O) groups excluding carboxylic acids is 1. The van der Waals surface area contributed by atoms with Crippen molar-refractivity contribution in [3.63, 3.8) is 0 Å². The van der Waals surface area contributed by atoms with E-state index in [9.17, 15) is 4.79 Å². The summed E-state index contributed by atoms with van der Waals surface area (Å²) in [6, 6.07) is 7.24. The molecule has 30 heavy (non-hydrogen) atoms. The van der Waals surface area contributed by atoms with Crippen molar-refractivity contribution in [2.45, 2.75) is 64.8 Å². The highest BCUT2D eigenvalue weighted by molar-refractivity contribution is 5.76. The quantitative estimate of drug-likeness (QED) is 0.621. The summed E-state index contributed by atoms with van der Waals surface area (Å²) in [4.78, 5) is 17.2. The lowest BCUT2D eigenvalue weighted by Gasteiger charge is -2.37. The number of nitrogens with zero attached hydrogens (tertiary/aromatic N) is 2. The van der Waals surface area contributed by atoms with Crippen LogP contribution in [0.15, 0.2) is 18.2 Å². The first-order chi connectivity index (χ1) is 14.5. The Hall–Kier alpha value is -1.59. The van der Waals surface area contributed by atoms with Crippen LogP contribution in [0.5, 0.6) is 0 Å². The number of benzene rings is 1. The largest absolute Gasteiger partial charge is 0.385 e. The van der Waals surface area contributed by atoms with Crippen LogP contribution in [0.2, 0.25) is 0 Å². The Morgan fingerprint density at radius 3 is 2.47 bits per heavy atom. The van der Waals surface area contributed by atoms with Gasteiger partial charge in [0.25, 0.3) is 0 Å². The van der Waals surface area contributed by atoms with E-state index in [0.717, 1.165) is 38.3 Å². The number of hydrogen-bond donors (Lipinski definition) is 1. The highest BCUT2D eigenvalue weighted by atomic mass is 16.5. The minimum Gasteiger partial charge on any atom is -0.385 e. The molecule has 1 saturated carbocycles. The third kappa shape index (κ3) is 6.98. The van der Waals surface area contributed by atoms with Gasteiger partial charge < -0.3 is 15.0 Å². The Morgan fingerprint density at radius 2 is 1.80 bits per heavy atom. The van der Waals surface area contributed by atoms with Crippen molar-refractivity contribution in [2.75, 3.05) is 51.3 Å². The van der Waals surface area contributed by atoms with Crippen LogP contribution in [0.3, 0.4) is 0 Å². The molecule has 3 rings (SSSR count). The molecule has 168 valence electrons. The fourth-order valence-corrected chi connectivity index (χ4v) is 4.79. The van der Waals surface area contributed by atoms with Crippen molar-refractivity contribution in [2.24, 2.45) is 5.92 Å². The summed E-state index contributed by atoms with van der Waals surface area (Å²) in [6.45, 7) is 10.9. The van der Waals surface area contributed by atoms with E-state index in [-0.39, 0.29) is 5.91 Å². The number of methoxy groups -OCH3 is 1. The minimum atomic E-state index is 0.192. The molecule has 0 aromatic heterocycles.